The second kappa shape index (κ2) is 11.1. The van der Waals surface area contributed by atoms with Gasteiger partial charge in [-0.2, -0.15) is 10.4 Å². The molecule has 1 saturated carbocycles. The SMILES string of the molecule is CC(C)Nc1cc(-c2ccc3cc(C#N)cnn23)ncc1C(=O)NC1CCC(NC(=O)OC(C)(C)C)CC1. The van der Waals surface area contributed by atoms with E-state index in [4.69, 9.17) is 10.00 Å². The van der Waals surface area contributed by atoms with E-state index < -0.39 is 11.7 Å². The Balaban J connectivity index is 1.45. The minimum Gasteiger partial charge on any atom is -0.444 e. The number of aromatic nitrogens is 3. The van der Waals surface area contributed by atoms with Crippen molar-refractivity contribution in [3.05, 3.63) is 47.8 Å². The van der Waals surface area contributed by atoms with Gasteiger partial charge in [0.1, 0.15) is 11.7 Å². The number of hydrogen-bond acceptors (Lipinski definition) is 7. The van der Waals surface area contributed by atoms with E-state index >= 15 is 0 Å². The van der Waals surface area contributed by atoms with E-state index in [9.17, 15) is 9.59 Å². The van der Waals surface area contributed by atoms with Crippen molar-refractivity contribution in [3.8, 4) is 17.5 Å². The third-order valence-electron chi connectivity index (χ3n) is 6.27. The Morgan fingerprint density at radius 2 is 1.76 bits per heavy atom. The highest BCUT2D eigenvalue weighted by Crippen LogP contribution is 2.27. The van der Waals surface area contributed by atoms with Gasteiger partial charge in [-0.05, 0) is 84.6 Å². The molecule has 3 aromatic rings. The van der Waals surface area contributed by atoms with Crippen LogP contribution in [0.15, 0.2) is 36.7 Å². The Morgan fingerprint density at radius 3 is 2.39 bits per heavy atom. The lowest BCUT2D eigenvalue weighted by Crippen LogP contribution is -2.45. The van der Waals surface area contributed by atoms with E-state index in [-0.39, 0.29) is 24.0 Å². The standard InChI is InChI=1S/C28H35N7O3/c1-17(2)32-23-13-24(25-11-10-21-12-18(14-29)15-31-35(21)25)30-16-22(23)26(36)33-19-6-8-20(9-7-19)34-27(37)38-28(3,4)5/h10-13,15-17,19-20H,6-9H2,1-5H3,(H,30,32)(H,33,36)(H,34,37). The van der Waals surface area contributed by atoms with Crippen LogP contribution in [0.1, 0.15) is 76.2 Å². The van der Waals surface area contributed by atoms with Gasteiger partial charge in [-0.25, -0.2) is 9.31 Å². The Morgan fingerprint density at radius 1 is 1.08 bits per heavy atom. The number of ether oxygens (including phenoxy) is 1. The van der Waals surface area contributed by atoms with Gasteiger partial charge in [0, 0.05) is 24.3 Å². The zero-order valence-electron chi connectivity index (χ0n) is 22.5. The summed E-state index contributed by atoms with van der Waals surface area (Å²) in [6.07, 6.45) is 5.75. The predicted octanol–water partition coefficient (Wildman–Crippen LogP) is 4.65. The molecule has 4 rings (SSSR count). The Kier molecular flexibility index (Phi) is 7.86. The van der Waals surface area contributed by atoms with Gasteiger partial charge < -0.3 is 20.7 Å². The zero-order valence-corrected chi connectivity index (χ0v) is 22.5. The van der Waals surface area contributed by atoms with Crippen LogP contribution in [0.4, 0.5) is 10.5 Å². The number of anilines is 1. The van der Waals surface area contributed by atoms with Crippen molar-refractivity contribution in [2.45, 2.75) is 84.0 Å². The van der Waals surface area contributed by atoms with E-state index in [2.05, 4.69) is 32.1 Å². The fourth-order valence-electron chi connectivity index (χ4n) is 4.58. The van der Waals surface area contributed by atoms with E-state index in [1.165, 1.54) is 6.20 Å². The number of alkyl carbamates (subject to hydrolysis) is 1. The van der Waals surface area contributed by atoms with Gasteiger partial charge in [0.05, 0.1) is 39.9 Å². The topological polar surface area (TPSA) is 133 Å². The first-order valence-corrected chi connectivity index (χ1v) is 13.0. The molecule has 3 heterocycles. The van der Waals surface area contributed by atoms with Gasteiger partial charge in [-0.1, -0.05) is 0 Å². The first-order valence-electron chi connectivity index (χ1n) is 13.0. The Labute approximate surface area is 222 Å². The number of nitrogens with zero attached hydrogens (tertiary/aromatic N) is 4. The number of amides is 2. The van der Waals surface area contributed by atoms with Crippen LogP contribution in [-0.4, -0.2) is 50.3 Å². The molecule has 0 saturated heterocycles. The molecule has 10 heteroatoms. The quantitative estimate of drug-likeness (QED) is 0.433. The van der Waals surface area contributed by atoms with Crippen molar-refractivity contribution < 1.29 is 14.3 Å². The lowest BCUT2D eigenvalue weighted by molar-refractivity contribution is 0.0488. The van der Waals surface area contributed by atoms with Crippen LogP contribution >= 0.6 is 0 Å². The molecule has 0 spiro atoms. The monoisotopic (exact) mass is 517 g/mol. The number of nitrogens with one attached hydrogen (secondary N) is 3. The second-order valence-corrected chi connectivity index (χ2v) is 11.0. The normalized spacial score (nSPS) is 17.6. The highest BCUT2D eigenvalue weighted by Gasteiger charge is 2.26. The van der Waals surface area contributed by atoms with Gasteiger partial charge in [-0.15, -0.1) is 0 Å². The number of hydrogen-bond donors (Lipinski definition) is 3. The average Bonchev–Trinajstić information content (AvgIpc) is 3.26. The molecule has 0 aliphatic heterocycles. The summed E-state index contributed by atoms with van der Waals surface area (Å²) in [5.41, 5.74) is 3.32. The smallest absolute Gasteiger partial charge is 0.407 e. The summed E-state index contributed by atoms with van der Waals surface area (Å²) in [5, 5.41) is 23.0. The van der Waals surface area contributed by atoms with Gasteiger partial charge in [0.25, 0.3) is 5.91 Å². The summed E-state index contributed by atoms with van der Waals surface area (Å²) in [5.74, 6) is -0.187. The highest BCUT2D eigenvalue weighted by molar-refractivity contribution is 6.00. The fourth-order valence-corrected chi connectivity index (χ4v) is 4.58. The number of rotatable bonds is 6. The van der Waals surface area contributed by atoms with Crippen molar-refractivity contribution in [1.29, 1.82) is 5.26 Å². The summed E-state index contributed by atoms with van der Waals surface area (Å²) < 4.78 is 7.08. The average molecular weight is 518 g/mol. The molecule has 0 unspecified atom stereocenters. The molecule has 0 bridgehead atoms. The molecular weight excluding hydrogens is 482 g/mol. The molecule has 200 valence electrons. The van der Waals surface area contributed by atoms with Crippen molar-refractivity contribution in [2.24, 2.45) is 0 Å². The molecule has 1 aliphatic rings. The fraction of sp³-hybridized carbons (Fsp3) is 0.464. The van der Waals surface area contributed by atoms with Gasteiger partial charge >= 0.3 is 6.09 Å². The van der Waals surface area contributed by atoms with Crippen LogP contribution in [0.3, 0.4) is 0 Å². The van der Waals surface area contributed by atoms with Crippen LogP contribution in [0.25, 0.3) is 16.9 Å². The lowest BCUT2D eigenvalue weighted by atomic mass is 9.91. The van der Waals surface area contributed by atoms with E-state index in [0.29, 0.717) is 22.5 Å². The molecule has 1 fully saturated rings. The second-order valence-electron chi connectivity index (χ2n) is 11.0. The van der Waals surface area contributed by atoms with Crippen molar-refractivity contribution >= 4 is 23.2 Å². The minimum atomic E-state index is -0.535. The molecule has 1 aliphatic carbocycles. The van der Waals surface area contributed by atoms with Crippen LogP contribution in [0.2, 0.25) is 0 Å². The third kappa shape index (κ3) is 6.59. The molecule has 38 heavy (non-hydrogen) atoms. The molecule has 3 N–H and O–H groups in total. The van der Waals surface area contributed by atoms with E-state index in [1.54, 1.807) is 16.8 Å². The lowest BCUT2D eigenvalue weighted by Gasteiger charge is -2.30. The number of fused-ring (bicyclic) bond motifs is 1. The summed E-state index contributed by atoms with van der Waals surface area (Å²) in [7, 11) is 0. The maximum Gasteiger partial charge on any atom is 0.407 e. The summed E-state index contributed by atoms with van der Waals surface area (Å²) >= 11 is 0. The summed E-state index contributed by atoms with van der Waals surface area (Å²) in [6.45, 7) is 9.54. The predicted molar refractivity (Wildman–Crippen MR) is 145 cm³/mol. The van der Waals surface area contributed by atoms with Gasteiger partial charge in [0.2, 0.25) is 0 Å². The minimum absolute atomic E-state index is 0.0128. The molecule has 2 amide bonds. The van der Waals surface area contributed by atoms with Crippen molar-refractivity contribution in [3.63, 3.8) is 0 Å². The Hall–Kier alpha value is -4.13. The molecule has 0 radical (unpaired) electrons. The first-order chi connectivity index (χ1) is 18.0. The maximum absolute atomic E-state index is 13.3. The Bertz CT molecular complexity index is 1360. The number of carbonyl (C=O) groups excluding carboxylic acids is 2. The number of pyridine rings is 1. The van der Waals surface area contributed by atoms with E-state index in [0.717, 1.165) is 36.9 Å². The van der Waals surface area contributed by atoms with Crippen LogP contribution < -0.4 is 16.0 Å². The van der Waals surface area contributed by atoms with Gasteiger partial charge in [0.15, 0.2) is 0 Å². The van der Waals surface area contributed by atoms with Gasteiger partial charge in [-0.3, -0.25) is 9.78 Å². The molecule has 0 aromatic carbocycles. The molecule has 0 atom stereocenters. The number of carbonyl (C=O) groups is 2. The molecular formula is C28H35N7O3. The molecule has 10 nitrogen and oxygen atoms in total. The van der Waals surface area contributed by atoms with Crippen LogP contribution in [-0.2, 0) is 4.74 Å². The van der Waals surface area contributed by atoms with Crippen LogP contribution in [0.5, 0.6) is 0 Å². The van der Waals surface area contributed by atoms with E-state index in [1.807, 2.05) is 52.8 Å². The maximum atomic E-state index is 13.3. The first kappa shape index (κ1) is 26.9. The highest BCUT2D eigenvalue weighted by atomic mass is 16.6. The van der Waals surface area contributed by atoms with Crippen LogP contribution in [0, 0.1) is 11.3 Å². The molecule has 3 aromatic heterocycles. The van der Waals surface area contributed by atoms with Crippen molar-refractivity contribution in [1.82, 2.24) is 25.2 Å². The van der Waals surface area contributed by atoms with Crippen molar-refractivity contribution in [2.75, 3.05) is 5.32 Å². The number of nitriles is 1. The summed E-state index contributed by atoms with van der Waals surface area (Å²) in [4.78, 5) is 29.9. The third-order valence-corrected chi connectivity index (χ3v) is 6.27. The summed E-state index contributed by atoms with van der Waals surface area (Å²) in [6, 6.07) is 9.66. The zero-order chi connectivity index (χ0) is 27.4. The largest absolute Gasteiger partial charge is 0.444 e.